The van der Waals surface area contributed by atoms with Gasteiger partial charge in [-0.1, -0.05) is 13.8 Å². The Morgan fingerprint density at radius 1 is 1.09 bits per heavy atom. The number of aromatic nitrogens is 2. The summed E-state index contributed by atoms with van der Waals surface area (Å²) in [7, 11) is 4.04. The molecule has 6 heteroatoms. The molecule has 0 bridgehead atoms. The number of anilines is 1. The summed E-state index contributed by atoms with van der Waals surface area (Å²) in [6, 6.07) is 0. The van der Waals surface area contributed by atoms with E-state index in [1.165, 1.54) is 0 Å². The van der Waals surface area contributed by atoms with Gasteiger partial charge in [-0.3, -0.25) is 4.79 Å². The number of amides is 1. The quantitative estimate of drug-likeness (QED) is 0.668. The molecule has 0 saturated heterocycles. The zero-order chi connectivity index (χ0) is 16.4. The van der Waals surface area contributed by atoms with Gasteiger partial charge in [0.2, 0.25) is 0 Å². The molecule has 0 radical (unpaired) electrons. The Labute approximate surface area is 133 Å². The smallest absolute Gasteiger partial charge is 0.271 e. The highest BCUT2D eigenvalue weighted by Crippen LogP contribution is 2.10. The maximum Gasteiger partial charge on any atom is 0.271 e. The number of nitrogens with zero attached hydrogens (tertiary/aromatic N) is 4. The van der Waals surface area contributed by atoms with Gasteiger partial charge in [0, 0.05) is 19.6 Å². The SMILES string of the molecule is CCCN(CCC)c1cnc(C(=O)NCCCN(C)C)cn1. The van der Waals surface area contributed by atoms with Crippen molar-refractivity contribution in [2.75, 3.05) is 45.2 Å². The first-order chi connectivity index (χ1) is 10.6. The van der Waals surface area contributed by atoms with Crippen LogP contribution in [-0.4, -0.2) is 61.0 Å². The van der Waals surface area contributed by atoms with Crippen LogP contribution in [0.2, 0.25) is 0 Å². The third kappa shape index (κ3) is 6.39. The Kier molecular flexibility index (Phi) is 8.43. The van der Waals surface area contributed by atoms with Crippen LogP contribution < -0.4 is 10.2 Å². The minimum atomic E-state index is -0.157. The van der Waals surface area contributed by atoms with Gasteiger partial charge >= 0.3 is 0 Å². The van der Waals surface area contributed by atoms with Gasteiger partial charge in [-0.2, -0.15) is 0 Å². The molecule has 1 N–H and O–H groups in total. The van der Waals surface area contributed by atoms with Crippen LogP contribution in [0.1, 0.15) is 43.6 Å². The van der Waals surface area contributed by atoms with E-state index in [2.05, 4.69) is 38.9 Å². The Balaban J connectivity index is 2.53. The molecule has 1 heterocycles. The zero-order valence-corrected chi connectivity index (χ0v) is 14.3. The molecule has 1 rings (SSSR count). The van der Waals surface area contributed by atoms with Crippen LogP contribution in [0.5, 0.6) is 0 Å². The molecule has 0 unspecified atom stereocenters. The normalized spacial score (nSPS) is 10.8. The summed E-state index contributed by atoms with van der Waals surface area (Å²) >= 11 is 0. The van der Waals surface area contributed by atoms with Crippen molar-refractivity contribution < 1.29 is 4.79 Å². The number of carbonyl (C=O) groups is 1. The first-order valence-electron chi connectivity index (χ1n) is 8.08. The largest absolute Gasteiger partial charge is 0.355 e. The number of carbonyl (C=O) groups excluding carboxylic acids is 1. The molecule has 124 valence electrons. The van der Waals surface area contributed by atoms with Crippen molar-refractivity contribution in [3.8, 4) is 0 Å². The van der Waals surface area contributed by atoms with E-state index in [0.717, 1.165) is 44.7 Å². The molecular weight excluding hydrogens is 278 g/mol. The Morgan fingerprint density at radius 3 is 2.27 bits per heavy atom. The van der Waals surface area contributed by atoms with Gasteiger partial charge in [0.25, 0.3) is 5.91 Å². The maximum absolute atomic E-state index is 12.0. The van der Waals surface area contributed by atoms with E-state index < -0.39 is 0 Å². The van der Waals surface area contributed by atoms with Crippen LogP contribution in [0.25, 0.3) is 0 Å². The standard InChI is InChI=1S/C16H29N5O/c1-5-9-21(10-6-2)15-13-18-14(12-19-15)16(22)17-8-7-11-20(3)4/h12-13H,5-11H2,1-4H3,(H,17,22). The molecule has 1 amide bonds. The van der Waals surface area contributed by atoms with E-state index in [0.29, 0.717) is 12.2 Å². The summed E-state index contributed by atoms with van der Waals surface area (Å²) in [5.41, 5.74) is 0.376. The average molecular weight is 307 g/mol. The molecule has 1 aromatic rings. The monoisotopic (exact) mass is 307 g/mol. The number of rotatable bonds is 10. The van der Waals surface area contributed by atoms with E-state index in [9.17, 15) is 4.79 Å². The first-order valence-corrected chi connectivity index (χ1v) is 8.08. The lowest BCUT2D eigenvalue weighted by molar-refractivity contribution is 0.0947. The highest BCUT2D eigenvalue weighted by atomic mass is 16.1. The van der Waals surface area contributed by atoms with Crippen molar-refractivity contribution in [3.05, 3.63) is 18.1 Å². The van der Waals surface area contributed by atoms with Gasteiger partial charge in [0.15, 0.2) is 0 Å². The van der Waals surface area contributed by atoms with E-state index in [4.69, 9.17) is 0 Å². The summed E-state index contributed by atoms with van der Waals surface area (Å²) in [6.45, 7) is 7.81. The summed E-state index contributed by atoms with van der Waals surface area (Å²) in [5, 5.41) is 2.87. The van der Waals surface area contributed by atoms with Crippen molar-refractivity contribution in [1.29, 1.82) is 0 Å². The molecule has 0 aliphatic rings. The third-order valence-electron chi connectivity index (χ3n) is 3.25. The zero-order valence-electron chi connectivity index (χ0n) is 14.3. The second kappa shape index (κ2) is 10.1. The van der Waals surface area contributed by atoms with Crippen LogP contribution >= 0.6 is 0 Å². The minimum absolute atomic E-state index is 0.157. The van der Waals surface area contributed by atoms with Gasteiger partial charge in [0.05, 0.1) is 12.4 Å². The Morgan fingerprint density at radius 2 is 1.77 bits per heavy atom. The maximum atomic E-state index is 12.0. The lowest BCUT2D eigenvalue weighted by Gasteiger charge is -2.22. The fraction of sp³-hybridized carbons (Fsp3) is 0.688. The van der Waals surface area contributed by atoms with E-state index in [-0.39, 0.29) is 5.91 Å². The summed E-state index contributed by atoms with van der Waals surface area (Å²) in [4.78, 5) is 24.9. The van der Waals surface area contributed by atoms with Gasteiger partial charge in [0.1, 0.15) is 11.5 Å². The third-order valence-corrected chi connectivity index (χ3v) is 3.25. The van der Waals surface area contributed by atoms with Crippen LogP contribution in [0.15, 0.2) is 12.4 Å². The molecule has 0 aliphatic heterocycles. The average Bonchev–Trinajstić information content (AvgIpc) is 2.51. The highest BCUT2D eigenvalue weighted by Gasteiger charge is 2.10. The van der Waals surface area contributed by atoms with Gasteiger partial charge in [-0.15, -0.1) is 0 Å². The molecule has 1 aromatic heterocycles. The molecule has 0 aromatic carbocycles. The number of hydrogen-bond acceptors (Lipinski definition) is 5. The number of nitrogens with one attached hydrogen (secondary N) is 1. The van der Waals surface area contributed by atoms with E-state index in [1.54, 1.807) is 12.4 Å². The van der Waals surface area contributed by atoms with Crippen molar-refractivity contribution >= 4 is 11.7 Å². The summed E-state index contributed by atoms with van der Waals surface area (Å²) in [5.74, 6) is 0.684. The topological polar surface area (TPSA) is 61.4 Å². The predicted molar refractivity (Wildman–Crippen MR) is 90.3 cm³/mol. The van der Waals surface area contributed by atoms with E-state index >= 15 is 0 Å². The molecule has 0 saturated carbocycles. The Bertz CT molecular complexity index is 427. The first kappa shape index (κ1) is 18.4. The van der Waals surface area contributed by atoms with Crippen molar-refractivity contribution in [3.63, 3.8) is 0 Å². The lowest BCUT2D eigenvalue weighted by Crippen LogP contribution is -2.29. The van der Waals surface area contributed by atoms with Crippen molar-refractivity contribution in [2.24, 2.45) is 0 Å². The van der Waals surface area contributed by atoms with Gasteiger partial charge in [-0.25, -0.2) is 9.97 Å². The van der Waals surface area contributed by atoms with Crippen LogP contribution in [0.3, 0.4) is 0 Å². The summed E-state index contributed by atoms with van der Waals surface area (Å²) < 4.78 is 0. The molecular formula is C16H29N5O. The molecule has 0 spiro atoms. The number of hydrogen-bond donors (Lipinski definition) is 1. The molecule has 0 fully saturated rings. The minimum Gasteiger partial charge on any atom is -0.355 e. The van der Waals surface area contributed by atoms with Crippen LogP contribution in [0.4, 0.5) is 5.82 Å². The molecule has 0 aliphatic carbocycles. The second-order valence-electron chi connectivity index (χ2n) is 5.66. The predicted octanol–water partition coefficient (Wildman–Crippen LogP) is 1.78. The molecule has 6 nitrogen and oxygen atoms in total. The van der Waals surface area contributed by atoms with Crippen LogP contribution in [-0.2, 0) is 0 Å². The van der Waals surface area contributed by atoms with Crippen LogP contribution in [0, 0.1) is 0 Å². The van der Waals surface area contributed by atoms with Crippen molar-refractivity contribution in [2.45, 2.75) is 33.1 Å². The van der Waals surface area contributed by atoms with Gasteiger partial charge < -0.3 is 15.1 Å². The van der Waals surface area contributed by atoms with E-state index in [1.807, 2.05) is 14.1 Å². The van der Waals surface area contributed by atoms with Crippen molar-refractivity contribution in [1.82, 2.24) is 20.2 Å². The summed E-state index contributed by atoms with van der Waals surface area (Å²) in [6.07, 6.45) is 6.31. The molecule has 22 heavy (non-hydrogen) atoms. The van der Waals surface area contributed by atoms with Gasteiger partial charge in [-0.05, 0) is 39.9 Å². The molecule has 0 atom stereocenters. The lowest BCUT2D eigenvalue weighted by atomic mass is 10.3. The second-order valence-corrected chi connectivity index (χ2v) is 5.66. The fourth-order valence-electron chi connectivity index (χ4n) is 2.17. The highest BCUT2D eigenvalue weighted by molar-refractivity contribution is 5.91. The Hall–Kier alpha value is -1.69. The fourth-order valence-corrected chi connectivity index (χ4v) is 2.17.